The summed E-state index contributed by atoms with van der Waals surface area (Å²) in [7, 11) is 1.68. The number of methoxy groups -OCH3 is 1. The van der Waals surface area contributed by atoms with Gasteiger partial charge in [0.15, 0.2) is 0 Å². The third kappa shape index (κ3) is 3.09. The van der Waals surface area contributed by atoms with Gasteiger partial charge in [0, 0.05) is 22.6 Å². The van der Waals surface area contributed by atoms with Gasteiger partial charge in [-0.15, -0.1) is 0 Å². The molecule has 1 aromatic carbocycles. The first kappa shape index (κ1) is 16.3. The molecule has 0 spiro atoms. The number of carboxylic acid groups (broad SMARTS) is 1. The lowest BCUT2D eigenvalue weighted by Crippen LogP contribution is -2.18. The highest BCUT2D eigenvalue weighted by Crippen LogP contribution is 2.42. The molecule has 0 saturated carbocycles. The van der Waals surface area contributed by atoms with Crippen molar-refractivity contribution in [2.45, 2.75) is 39.2 Å². The molecular formula is C16H22BrNO3. The Morgan fingerprint density at radius 2 is 2.19 bits per heavy atom. The zero-order valence-electron chi connectivity index (χ0n) is 12.9. The normalized spacial score (nSPS) is 21.8. The van der Waals surface area contributed by atoms with Crippen molar-refractivity contribution in [3.8, 4) is 5.75 Å². The molecule has 1 aromatic rings. The highest BCUT2D eigenvalue weighted by atomic mass is 79.9. The maximum Gasteiger partial charge on any atom is 0.307 e. The van der Waals surface area contributed by atoms with Crippen molar-refractivity contribution in [2.24, 2.45) is 5.92 Å². The van der Waals surface area contributed by atoms with Gasteiger partial charge in [-0.2, -0.15) is 0 Å². The monoisotopic (exact) mass is 355 g/mol. The third-order valence-corrected chi connectivity index (χ3v) is 5.03. The molecule has 4 nitrogen and oxygen atoms in total. The van der Waals surface area contributed by atoms with Crippen LogP contribution in [0.25, 0.3) is 0 Å². The van der Waals surface area contributed by atoms with Gasteiger partial charge < -0.3 is 15.2 Å². The van der Waals surface area contributed by atoms with E-state index >= 15 is 0 Å². The summed E-state index contributed by atoms with van der Waals surface area (Å²) in [5.41, 5.74) is 3.34. The van der Waals surface area contributed by atoms with Gasteiger partial charge in [-0.25, -0.2) is 0 Å². The van der Waals surface area contributed by atoms with Crippen molar-refractivity contribution in [1.82, 2.24) is 5.32 Å². The number of nitrogens with one attached hydrogen (secondary N) is 1. The summed E-state index contributed by atoms with van der Waals surface area (Å²) in [6, 6.07) is 2.13. The first-order valence-corrected chi connectivity index (χ1v) is 7.99. The number of carbonyl (C=O) groups is 1. The Bertz CT molecular complexity index is 557. The number of aliphatic carboxylic acids is 1. The second-order valence-corrected chi connectivity index (χ2v) is 6.76. The molecule has 2 rings (SSSR count). The molecule has 0 aromatic heterocycles. The summed E-state index contributed by atoms with van der Waals surface area (Å²) < 4.78 is 6.72. The Hall–Kier alpha value is -1.07. The van der Waals surface area contributed by atoms with E-state index in [-0.39, 0.29) is 12.0 Å². The minimum absolute atomic E-state index is 0.0241. The number of hydrogen-bond donors (Lipinski definition) is 2. The van der Waals surface area contributed by atoms with E-state index in [1.165, 1.54) is 0 Å². The van der Waals surface area contributed by atoms with Gasteiger partial charge in [0.1, 0.15) is 5.75 Å². The fourth-order valence-corrected chi connectivity index (χ4v) is 3.44. The Labute approximate surface area is 134 Å². The number of ether oxygens (including phenoxy) is 1. The summed E-state index contributed by atoms with van der Waals surface area (Å²) in [5, 5.41) is 12.5. The van der Waals surface area contributed by atoms with Crippen molar-refractivity contribution in [3.63, 3.8) is 0 Å². The molecule has 0 amide bonds. The second kappa shape index (κ2) is 6.36. The van der Waals surface area contributed by atoms with Crippen LogP contribution in [0, 0.1) is 12.8 Å². The van der Waals surface area contributed by atoms with Gasteiger partial charge in [-0.3, -0.25) is 4.79 Å². The standard InChI is InChI=1S/C16H22BrNO3/c1-8(2)11-6-12(17)9(3)14(15(11)21-4)13-5-10(7-18-13)16(19)20/h6,8,10,13,18H,5,7H2,1-4H3,(H,19,20). The van der Waals surface area contributed by atoms with Crippen LogP contribution in [0.2, 0.25) is 0 Å². The van der Waals surface area contributed by atoms with Gasteiger partial charge in [0.2, 0.25) is 0 Å². The topological polar surface area (TPSA) is 58.6 Å². The molecule has 1 aliphatic heterocycles. The number of carboxylic acids is 1. The van der Waals surface area contributed by atoms with Gasteiger partial charge in [-0.1, -0.05) is 29.8 Å². The SMILES string of the molecule is COc1c(C(C)C)cc(Br)c(C)c1C1CC(C(=O)O)CN1. The lowest BCUT2D eigenvalue weighted by Gasteiger charge is -2.23. The summed E-state index contributed by atoms with van der Waals surface area (Å²) >= 11 is 3.62. The van der Waals surface area contributed by atoms with Crippen molar-refractivity contribution < 1.29 is 14.6 Å². The van der Waals surface area contributed by atoms with Crippen molar-refractivity contribution in [3.05, 3.63) is 27.2 Å². The fraction of sp³-hybridized carbons (Fsp3) is 0.562. The van der Waals surface area contributed by atoms with Crippen LogP contribution in [-0.4, -0.2) is 24.7 Å². The molecule has 2 N–H and O–H groups in total. The minimum Gasteiger partial charge on any atom is -0.496 e. The van der Waals surface area contributed by atoms with Crippen molar-refractivity contribution >= 4 is 21.9 Å². The molecule has 2 atom stereocenters. The number of hydrogen-bond acceptors (Lipinski definition) is 3. The Morgan fingerprint density at radius 1 is 1.52 bits per heavy atom. The predicted octanol–water partition coefficient (Wildman–Crippen LogP) is 3.62. The number of rotatable bonds is 4. The number of benzene rings is 1. The average molecular weight is 356 g/mol. The van der Waals surface area contributed by atoms with Crippen LogP contribution in [0.5, 0.6) is 5.75 Å². The Kier molecular flexibility index (Phi) is 4.94. The lowest BCUT2D eigenvalue weighted by molar-refractivity contribution is -0.141. The molecule has 116 valence electrons. The van der Waals surface area contributed by atoms with Crippen LogP contribution in [0.15, 0.2) is 10.5 Å². The van der Waals surface area contributed by atoms with Crippen LogP contribution >= 0.6 is 15.9 Å². The zero-order valence-corrected chi connectivity index (χ0v) is 14.5. The van der Waals surface area contributed by atoms with E-state index in [1.54, 1.807) is 7.11 Å². The molecule has 5 heteroatoms. The highest BCUT2D eigenvalue weighted by molar-refractivity contribution is 9.10. The second-order valence-electron chi connectivity index (χ2n) is 5.91. The zero-order chi connectivity index (χ0) is 15.7. The van der Waals surface area contributed by atoms with E-state index in [0.717, 1.165) is 26.9 Å². The quantitative estimate of drug-likeness (QED) is 0.865. The molecule has 1 heterocycles. The van der Waals surface area contributed by atoms with E-state index < -0.39 is 5.97 Å². The van der Waals surface area contributed by atoms with Gasteiger partial charge in [0.25, 0.3) is 0 Å². The maximum atomic E-state index is 11.2. The van der Waals surface area contributed by atoms with Gasteiger partial charge in [-0.05, 0) is 36.5 Å². The summed E-state index contributed by atoms with van der Waals surface area (Å²) in [6.07, 6.45) is 0.598. The molecule has 1 saturated heterocycles. The van der Waals surface area contributed by atoms with Crippen LogP contribution in [-0.2, 0) is 4.79 Å². The van der Waals surface area contributed by atoms with Gasteiger partial charge >= 0.3 is 5.97 Å². The van der Waals surface area contributed by atoms with E-state index in [4.69, 9.17) is 4.74 Å². The lowest BCUT2D eigenvalue weighted by atomic mass is 9.90. The van der Waals surface area contributed by atoms with Crippen LogP contribution in [0.4, 0.5) is 0 Å². The first-order valence-electron chi connectivity index (χ1n) is 7.19. The molecule has 0 bridgehead atoms. The van der Waals surface area contributed by atoms with Crippen molar-refractivity contribution in [2.75, 3.05) is 13.7 Å². The predicted molar refractivity (Wildman–Crippen MR) is 86.0 cm³/mol. The highest BCUT2D eigenvalue weighted by Gasteiger charge is 2.33. The summed E-state index contributed by atoms with van der Waals surface area (Å²) in [5.74, 6) is 0.155. The molecule has 1 aliphatic rings. The number of halogens is 1. The molecule has 0 aliphatic carbocycles. The first-order chi connectivity index (χ1) is 9.86. The third-order valence-electron chi connectivity index (χ3n) is 4.21. The average Bonchev–Trinajstić information content (AvgIpc) is 2.90. The molecule has 0 radical (unpaired) electrons. The van der Waals surface area contributed by atoms with Crippen LogP contribution in [0.3, 0.4) is 0 Å². The van der Waals surface area contributed by atoms with Crippen molar-refractivity contribution in [1.29, 1.82) is 0 Å². The fourth-order valence-electron chi connectivity index (χ4n) is 2.98. The molecular weight excluding hydrogens is 334 g/mol. The molecule has 2 unspecified atom stereocenters. The Morgan fingerprint density at radius 3 is 2.67 bits per heavy atom. The van der Waals surface area contributed by atoms with Crippen LogP contribution in [0.1, 0.15) is 48.9 Å². The van der Waals surface area contributed by atoms with E-state index in [2.05, 4.69) is 41.2 Å². The minimum atomic E-state index is -0.735. The van der Waals surface area contributed by atoms with E-state index in [9.17, 15) is 9.90 Å². The van der Waals surface area contributed by atoms with E-state index in [0.29, 0.717) is 18.9 Å². The summed E-state index contributed by atoms with van der Waals surface area (Å²) in [6.45, 7) is 6.81. The van der Waals surface area contributed by atoms with E-state index in [1.807, 2.05) is 6.92 Å². The summed E-state index contributed by atoms with van der Waals surface area (Å²) in [4.78, 5) is 11.2. The molecule has 1 fully saturated rings. The Balaban J connectivity index is 2.49. The largest absolute Gasteiger partial charge is 0.496 e. The van der Waals surface area contributed by atoms with Crippen LogP contribution < -0.4 is 10.1 Å². The van der Waals surface area contributed by atoms with Gasteiger partial charge in [0.05, 0.1) is 13.0 Å². The smallest absolute Gasteiger partial charge is 0.307 e. The maximum absolute atomic E-state index is 11.2. The molecule has 21 heavy (non-hydrogen) atoms.